The second-order valence-electron chi connectivity index (χ2n) is 5.91. The first-order chi connectivity index (χ1) is 11.8. The average Bonchev–Trinajstić information content (AvgIpc) is 3.32. The third kappa shape index (κ3) is 3.56. The molecule has 25 heavy (non-hydrogen) atoms. The van der Waals surface area contributed by atoms with Crippen LogP contribution < -0.4 is 0 Å². The van der Waals surface area contributed by atoms with Crippen molar-refractivity contribution in [3.8, 4) is 0 Å². The van der Waals surface area contributed by atoms with Gasteiger partial charge in [0.1, 0.15) is 0 Å². The summed E-state index contributed by atoms with van der Waals surface area (Å²) in [6.07, 6.45) is 8.05. The van der Waals surface area contributed by atoms with Crippen molar-refractivity contribution in [2.45, 2.75) is 0 Å². The predicted octanol–water partition coefficient (Wildman–Crippen LogP) is 4.66. The summed E-state index contributed by atoms with van der Waals surface area (Å²) in [6.45, 7) is 0. The maximum atomic E-state index is 4.62. The molecule has 4 nitrogen and oxygen atoms in total. The molecular weight excluding hydrogens is 469 g/mol. The van der Waals surface area contributed by atoms with Gasteiger partial charge in [0.2, 0.25) is 0 Å². The van der Waals surface area contributed by atoms with Crippen molar-refractivity contribution in [3.63, 3.8) is 0 Å². The van der Waals surface area contributed by atoms with Crippen LogP contribution in [-0.4, -0.2) is 19.9 Å². The summed E-state index contributed by atoms with van der Waals surface area (Å²) >= 11 is 0. The van der Waals surface area contributed by atoms with Crippen molar-refractivity contribution < 1.29 is 46.9 Å². The van der Waals surface area contributed by atoms with E-state index >= 15 is 0 Å². The first kappa shape index (κ1) is 16.6. The maximum Gasteiger partial charge on any atom is 3.00 e. The number of rotatable bonds is 0. The molecule has 0 fully saturated rings. The van der Waals surface area contributed by atoms with Crippen LogP contribution in [0.5, 0.6) is 0 Å². The third-order valence-corrected chi connectivity index (χ3v) is 4.04. The van der Waals surface area contributed by atoms with Crippen LogP contribution >= 0.6 is 0 Å². The number of hydrogen-bond donors (Lipinski definition) is 2. The number of hydrogen-bond acceptors (Lipinski definition) is 2. The SMILES string of the molecule is C1=Cc2cc3ccc(cc4ccc(cc5nc(cc1n2)C=C5)[nH]4)[nH]3.[Yb+3]. The summed E-state index contributed by atoms with van der Waals surface area (Å²) in [5, 5.41) is 0. The van der Waals surface area contributed by atoms with Crippen LogP contribution in [0.1, 0.15) is 22.8 Å². The fourth-order valence-corrected chi connectivity index (χ4v) is 2.94. The van der Waals surface area contributed by atoms with Gasteiger partial charge in [0.15, 0.2) is 0 Å². The van der Waals surface area contributed by atoms with Crippen LogP contribution in [0.3, 0.4) is 0 Å². The van der Waals surface area contributed by atoms with E-state index in [4.69, 9.17) is 0 Å². The molecule has 5 rings (SSSR count). The summed E-state index contributed by atoms with van der Waals surface area (Å²) < 4.78 is 0. The van der Waals surface area contributed by atoms with Crippen molar-refractivity contribution in [1.29, 1.82) is 0 Å². The van der Waals surface area contributed by atoms with E-state index in [0.717, 1.165) is 44.8 Å². The Kier molecular flexibility index (Phi) is 4.50. The van der Waals surface area contributed by atoms with E-state index in [-0.39, 0.29) is 46.9 Å². The molecule has 0 saturated heterocycles. The Morgan fingerprint density at radius 2 is 0.840 bits per heavy atom. The molecule has 3 aromatic heterocycles. The Morgan fingerprint density at radius 3 is 1.28 bits per heavy atom. The van der Waals surface area contributed by atoms with Crippen molar-refractivity contribution in [1.82, 2.24) is 19.9 Å². The molecule has 0 spiro atoms. The summed E-state index contributed by atoms with van der Waals surface area (Å²) in [4.78, 5) is 16.0. The summed E-state index contributed by atoms with van der Waals surface area (Å²) in [5.41, 5.74) is 7.86. The molecule has 2 N–H and O–H groups in total. The number of aromatic nitrogens is 4. The molecule has 8 bridgehead atoms. The van der Waals surface area contributed by atoms with Gasteiger partial charge in [-0.3, -0.25) is 0 Å². The van der Waals surface area contributed by atoms with E-state index in [9.17, 15) is 0 Å². The molecule has 0 unspecified atom stereocenters. The normalized spacial score (nSPS) is 12.2. The molecule has 0 atom stereocenters. The van der Waals surface area contributed by atoms with E-state index in [1.54, 1.807) is 0 Å². The number of fused-ring (bicyclic) bond motifs is 8. The second kappa shape index (κ2) is 6.79. The van der Waals surface area contributed by atoms with E-state index < -0.39 is 0 Å². The molecule has 0 aliphatic carbocycles. The number of nitrogens with zero attached hydrogens (tertiary/aromatic N) is 2. The zero-order valence-corrected chi connectivity index (χ0v) is 14.8. The molecule has 0 saturated carbocycles. The summed E-state index contributed by atoms with van der Waals surface area (Å²) in [6, 6.07) is 16.4. The number of nitrogens with one attached hydrogen (secondary N) is 2. The molecule has 1 radical (unpaired) electrons. The largest absolute Gasteiger partial charge is 3.00 e. The Morgan fingerprint density at radius 1 is 0.480 bits per heavy atom. The molecule has 2 aliphatic heterocycles. The minimum Gasteiger partial charge on any atom is -0.355 e. The van der Waals surface area contributed by atoms with E-state index in [1.807, 2.05) is 42.5 Å². The zero-order chi connectivity index (χ0) is 15.9. The first-order valence-corrected chi connectivity index (χ1v) is 7.85. The van der Waals surface area contributed by atoms with Gasteiger partial charge >= 0.3 is 46.9 Å². The van der Waals surface area contributed by atoms with Crippen molar-refractivity contribution in [3.05, 3.63) is 71.3 Å². The first-order valence-electron chi connectivity index (χ1n) is 7.85. The molecule has 3 aromatic rings. The van der Waals surface area contributed by atoms with Gasteiger partial charge in [0.25, 0.3) is 0 Å². The summed E-state index contributed by atoms with van der Waals surface area (Å²) in [5.74, 6) is 0. The van der Waals surface area contributed by atoms with E-state index in [0.29, 0.717) is 0 Å². The van der Waals surface area contributed by atoms with Crippen LogP contribution in [0.2, 0.25) is 0 Å². The Balaban J connectivity index is 0.00000157. The van der Waals surface area contributed by atoms with Gasteiger partial charge in [-0.25, -0.2) is 9.97 Å². The van der Waals surface area contributed by atoms with Crippen LogP contribution in [0, 0.1) is 46.9 Å². The van der Waals surface area contributed by atoms with Crippen molar-refractivity contribution in [2.75, 3.05) is 0 Å². The van der Waals surface area contributed by atoms with E-state index in [2.05, 4.69) is 50.3 Å². The Bertz CT molecular complexity index is 1080. The molecule has 5 heteroatoms. The smallest absolute Gasteiger partial charge is 0.355 e. The standard InChI is InChI=1S/C20H14N4.Yb/c1-2-14-10-16-5-6-18(23-16)12-20-8-7-19(24-20)11-17-4-3-15(22-17)9-13(1)21-14;/h1-12,21-22H;/q;+3. The fourth-order valence-electron chi connectivity index (χ4n) is 2.94. The van der Waals surface area contributed by atoms with Gasteiger partial charge in [-0.15, -0.1) is 0 Å². The molecule has 125 valence electrons. The Hall–Kier alpha value is -1.88. The average molecular weight is 483 g/mol. The van der Waals surface area contributed by atoms with Gasteiger partial charge < -0.3 is 9.97 Å². The second-order valence-corrected chi connectivity index (χ2v) is 5.91. The minimum atomic E-state index is 0. The minimum absolute atomic E-state index is 0. The molecule has 2 aliphatic rings. The molecule has 0 amide bonds. The van der Waals surface area contributed by atoms with Gasteiger partial charge in [-0.1, -0.05) is 0 Å². The van der Waals surface area contributed by atoms with Gasteiger partial charge in [0.05, 0.1) is 22.8 Å². The quantitative estimate of drug-likeness (QED) is 0.337. The van der Waals surface area contributed by atoms with Crippen molar-refractivity contribution in [2.24, 2.45) is 0 Å². The van der Waals surface area contributed by atoms with Crippen LogP contribution in [0.15, 0.2) is 48.5 Å². The number of aromatic amines is 2. The molecule has 5 heterocycles. The summed E-state index contributed by atoms with van der Waals surface area (Å²) in [7, 11) is 0. The maximum absolute atomic E-state index is 4.62. The van der Waals surface area contributed by atoms with Gasteiger partial charge in [-0.05, 0) is 72.8 Å². The predicted molar refractivity (Wildman–Crippen MR) is 98.9 cm³/mol. The van der Waals surface area contributed by atoms with Gasteiger partial charge in [0, 0.05) is 22.1 Å². The fraction of sp³-hybridized carbons (Fsp3) is 0. The van der Waals surface area contributed by atoms with Crippen LogP contribution in [0.25, 0.3) is 46.4 Å². The van der Waals surface area contributed by atoms with Crippen molar-refractivity contribution >= 4 is 46.4 Å². The zero-order valence-electron chi connectivity index (χ0n) is 13.1. The van der Waals surface area contributed by atoms with Gasteiger partial charge in [-0.2, -0.15) is 0 Å². The Labute approximate surface area is 183 Å². The topological polar surface area (TPSA) is 57.4 Å². The number of H-pyrrole nitrogens is 2. The van der Waals surface area contributed by atoms with Crippen LogP contribution in [-0.2, 0) is 0 Å². The third-order valence-electron chi connectivity index (χ3n) is 4.04. The van der Waals surface area contributed by atoms with Crippen LogP contribution in [0.4, 0.5) is 0 Å². The molecule has 0 aromatic carbocycles. The van der Waals surface area contributed by atoms with E-state index in [1.165, 1.54) is 0 Å². The molecular formula is C20H14N4Yb+3. The monoisotopic (exact) mass is 484 g/mol.